The molecule has 0 atom stereocenters. The predicted octanol–water partition coefficient (Wildman–Crippen LogP) is 4.77. The SMILES string of the molecule is CCOc1ccccc1C(=O)NC(=S)Nc1cccc(C(=O)Nc2cccc(C)c2)c1. The van der Waals surface area contributed by atoms with Gasteiger partial charge in [-0.1, -0.05) is 30.3 Å². The van der Waals surface area contributed by atoms with Crippen molar-refractivity contribution in [3.63, 3.8) is 0 Å². The third kappa shape index (κ3) is 6.13. The van der Waals surface area contributed by atoms with Gasteiger partial charge in [-0.05, 0) is 74.1 Å². The number of benzene rings is 3. The summed E-state index contributed by atoms with van der Waals surface area (Å²) in [5, 5.41) is 8.57. The van der Waals surface area contributed by atoms with Gasteiger partial charge in [0.05, 0.1) is 12.2 Å². The smallest absolute Gasteiger partial charge is 0.261 e. The van der Waals surface area contributed by atoms with E-state index in [2.05, 4.69) is 16.0 Å². The van der Waals surface area contributed by atoms with Gasteiger partial charge in [-0.2, -0.15) is 0 Å². The summed E-state index contributed by atoms with van der Waals surface area (Å²) in [6, 6.07) is 21.4. The molecule has 0 saturated carbocycles. The fourth-order valence-electron chi connectivity index (χ4n) is 2.93. The number of nitrogens with one attached hydrogen (secondary N) is 3. The van der Waals surface area contributed by atoms with Crippen LogP contribution in [0.1, 0.15) is 33.2 Å². The summed E-state index contributed by atoms with van der Waals surface area (Å²) >= 11 is 5.26. The number of carbonyl (C=O) groups is 2. The van der Waals surface area contributed by atoms with E-state index in [0.29, 0.717) is 29.2 Å². The van der Waals surface area contributed by atoms with Crippen LogP contribution in [0.5, 0.6) is 5.75 Å². The van der Waals surface area contributed by atoms with Crippen LogP contribution in [0.3, 0.4) is 0 Å². The average Bonchev–Trinajstić information content (AvgIpc) is 2.74. The minimum Gasteiger partial charge on any atom is -0.493 e. The molecule has 3 aromatic carbocycles. The molecule has 0 saturated heterocycles. The topological polar surface area (TPSA) is 79.5 Å². The van der Waals surface area contributed by atoms with E-state index in [4.69, 9.17) is 17.0 Å². The molecule has 0 aliphatic heterocycles. The molecular formula is C24H23N3O3S. The molecule has 158 valence electrons. The maximum atomic E-state index is 12.6. The number of ether oxygens (including phenoxy) is 1. The molecule has 31 heavy (non-hydrogen) atoms. The van der Waals surface area contributed by atoms with Crippen molar-refractivity contribution >= 4 is 40.5 Å². The second-order valence-electron chi connectivity index (χ2n) is 6.74. The largest absolute Gasteiger partial charge is 0.493 e. The highest BCUT2D eigenvalue weighted by Gasteiger charge is 2.14. The normalized spacial score (nSPS) is 10.1. The molecule has 0 unspecified atom stereocenters. The molecule has 3 rings (SSSR count). The minimum absolute atomic E-state index is 0.118. The quantitative estimate of drug-likeness (QED) is 0.488. The van der Waals surface area contributed by atoms with E-state index in [-0.39, 0.29) is 16.9 Å². The van der Waals surface area contributed by atoms with Crippen molar-refractivity contribution in [3.8, 4) is 5.75 Å². The number of hydrogen-bond donors (Lipinski definition) is 3. The highest BCUT2D eigenvalue weighted by molar-refractivity contribution is 7.80. The summed E-state index contributed by atoms with van der Waals surface area (Å²) in [6.07, 6.45) is 0. The molecule has 0 bridgehead atoms. The Morgan fingerprint density at radius 2 is 1.58 bits per heavy atom. The predicted molar refractivity (Wildman–Crippen MR) is 127 cm³/mol. The number of thiocarbonyl (C=S) groups is 1. The number of para-hydroxylation sites is 1. The van der Waals surface area contributed by atoms with Crippen molar-refractivity contribution in [2.75, 3.05) is 17.2 Å². The standard InChI is InChI=1S/C24H23N3O3S/c1-3-30-21-13-5-4-12-20(21)23(29)27-24(31)26-19-11-7-9-17(15-19)22(28)25-18-10-6-8-16(2)14-18/h4-15H,3H2,1-2H3,(H,25,28)(H2,26,27,29,31). The van der Waals surface area contributed by atoms with Crippen LogP contribution in [-0.4, -0.2) is 23.5 Å². The second-order valence-corrected chi connectivity index (χ2v) is 7.15. The molecule has 0 heterocycles. The van der Waals surface area contributed by atoms with Gasteiger partial charge in [-0.15, -0.1) is 0 Å². The van der Waals surface area contributed by atoms with Gasteiger partial charge >= 0.3 is 0 Å². The van der Waals surface area contributed by atoms with Gasteiger partial charge < -0.3 is 15.4 Å². The van der Waals surface area contributed by atoms with Gasteiger partial charge in [-0.3, -0.25) is 14.9 Å². The monoisotopic (exact) mass is 433 g/mol. The fourth-order valence-corrected chi connectivity index (χ4v) is 3.14. The number of carbonyl (C=O) groups excluding carboxylic acids is 2. The second kappa shape index (κ2) is 10.4. The van der Waals surface area contributed by atoms with Crippen molar-refractivity contribution in [1.29, 1.82) is 0 Å². The van der Waals surface area contributed by atoms with E-state index < -0.39 is 0 Å². The van der Waals surface area contributed by atoms with Crippen LogP contribution in [0, 0.1) is 6.92 Å². The van der Waals surface area contributed by atoms with Crippen LogP contribution in [0.4, 0.5) is 11.4 Å². The van der Waals surface area contributed by atoms with E-state index in [0.717, 1.165) is 11.3 Å². The van der Waals surface area contributed by atoms with Gasteiger partial charge in [0.15, 0.2) is 5.11 Å². The lowest BCUT2D eigenvalue weighted by Gasteiger charge is -2.13. The maximum Gasteiger partial charge on any atom is 0.261 e. The molecule has 0 radical (unpaired) electrons. The van der Waals surface area contributed by atoms with E-state index in [1.54, 1.807) is 48.5 Å². The molecule has 7 heteroatoms. The van der Waals surface area contributed by atoms with Crippen molar-refractivity contribution in [1.82, 2.24) is 5.32 Å². The summed E-state index contributed by atoms with van der Waals surface area (Å²) in [6.45, 7) is 4.26. The highest BCUT2D eigenvalue weighted by atomic mass is 32.1. The summed E-state index contributed by atoms with van der Waals surface area (Å²) in [7, 11) is 0. The third-order valence-corrected chi connectivity index (χ3v) is 4.52. The van der Waals surface area contributed by atoms with E-state index in [9.17, 15) is 9.59 Å². The molecule has 3 aromatic rings. The van der Waals surface area contributed by atoms with E-state index in [1.807, 2.05) is 38.1 Å². The summed E-state index contributed by atoms with van der Waals surface area (Å²) in [5.41, 5.74) is 3.21. The van der Waals surface area contributed by atoms with Crippen LogP contribution in [0.2, 0.25) is 0 Å². The molecule has 0 fully saturated rings. The zero-order valence-electron chi connectivity index (χ0n) is 17.3. The van der Waals surface area contributed by atoms with E-state index in [1.165, 1.54) is 0 Å². The Kier molecular flexibility index (Phi) is 7.35. The Labute approximate surface area is 186 Å². The number of amides is 2. The van der Waals surface area contributed by atoms with Gasteiger partial charge in [0.1, 0.15) is 5.75 Å². The Morgan fingerprint density at radius 1 is 0.871 bits per heavy atom. The molecule has 2 amide bonds. The number of hydrogen-bond acceptors (Lipinski definition) is 4. The van der Waals surface area contributed by atoms with Crippen LogP contribution in [0.25, 0.3) is 0 Å². The molecule has 0 aliphatic rings. The molecule has 0 spiro atoms. The molecule has 6 nitrogen and oxygen atoms in total. The number of anilines is 2. The molecule has 0 aromatic heterocycles. The Hall–Kier alpha value is -3.71. The molecular weight excluding hydrogens is 410 g/mol. The summed E-state index contributed by atoms with van der Waals surface area (Å²) in [5.74, 6) is -0.134. The Balaban J connectivity index is 1.64. The number of rotatable bonds is 6. The lowest BCUT2D eigenvalue weighted by atomic mass is 10.1. The van der Waals surface area contributed by atoms with Gasteiger partial charge in [-0.25, -0.2) is 0 Å². The van der Waals surface area contributed by atoms with Crippen molar-refractivity contribution in [3.05, 3.63) is 89.5 Å². The first kappa shape index (κ1) is 22.0. The lowest BCUT2D eigenvalue weighted by Crippen LogP contribution is -2.34. The lowest BCUT2D eigenvalue weighted by molar-refractivity contribution is 0.0972. The zero-order valence-corrected chi connectivity index (χ0v) is 18.1. The summed E-state index contributed by atoms with van der Waals surface area (Å²) in [4.78, 5) is 25.1. The minimum atomic E-state index is -0.380. The first-order valence-electron chi connectivity index (χ1n) is 9.78. The van der Waals surface area contributed by atoms with Gasteiger partial charge in [0, 0.05) is 16.9 Å². The average molecular weight is 434 g/mol. The van der Waals surface area contributed by atoms with Gasteiger partial charge in [0.25, 0.3) is 11.8 Å². The van der Waals surface area contributed by atoms with E-state index >= 15 is 0 Å². The fraction of sp³-hybridized carbons (Fsp3) is 0.125. The van der Waals surface area contributed by atoms with Crippen molar-refractivity contribution in [2.45, 2.75) is 13.8 Å². The molecule has 0 aliphatic carbocycles. The molecule has 3 N–H and O–H groups in total. The van der Waals surface area contributed by atoms with Crippen molar-refractivity contribution in [2.24, 2.45) is 0 Å². The maximum absolute atomic E-state index is 12.6. The van der Waals surface area contributed by atoms with Crippen LogP contribution in [0.15, 0.2) is 72.8 Å². The Morgan fingerprint density at radius 3 is 2.32 bits per heavy atom. The van der Waals surface area contributed by atoms with Crippen LogP contribution >= 0.6 is 12.2 Å². The van der Waals surface area contributed by atoms with Gasteiger partial charge in [0.2, 0.25) is 0 Å². The van der Waals surface area contributed by atoms with Crippen LogP contribution < -0.4 is 20.7 Å². The Bertz CT molecular complexity index is 1110. The van der Waals surface area contributed by atoms with Crippen molar-refractivity contribution < 1.29 is 14.3 Å². The summed E-state index contributed by atoms with van der Waals surface area (Å²) < 4.78 is 5.49. The third-order valence-electron chi connectivity index (χ3n) is 4.32. The first-order valence-corrected chi connectivity index (χ1v) is 10.2. The van der Waals surface area contributed by atoms with Crippen LogP contribution in [-0.2, 0) is 0 Å². The highest BCUT2D eigenvalue weighted by Crippen LogP contribution is 2.18. The number of aryl methyl sites for hydroxylation is 1. The zero-order chi connectivity index (χ0) is 22.2. The first-order chi connectivity index (χ1) is 15.0.